The van der Waals surface area contributed by atoms with Crippen LogP contribution in [0, 0.1) is 11.3 Å². The highest BCUT2D eigenvalue weighted by atomic mass is 15.4. The van der Waals surface area contributed by atoms with Crippen LogP contribution in [-0.2, 0) is 6.54 Å². The van der Waals surface area contributed by atoms with Crippen LogP contribution in [-0.4, -0.2) is 45.6 Å². The van der Waals surface area contributed by atoms with Crippen molar-refractivity contribution in [2.24, 2.45) is 11.3 Å². The molecule has 6 nitrogen and oxygen atoms in total. The molecule has 33 heavy (non-hydrogen) atoms. The third kappa shape index (κ3) is 4.71. The van der Waals surface area contributed by atoms with E-state index in [4.69, 9.17) is 10.8 Å². The second-order valence-corrected chi connectivity index (χ2v) is 8.66. The zero-order chi connectivity index (χ0) is 24.8. The second-order valence-electron chi connectivity index (χ2n) is 8.66. The van der Waals surface area contributed by atoms with Crippen molar-refractivity contribution in [2.75, 3.05) is 26.0 Å². The van der Waals surface area contributed by atoms with Crippen molar-refractivity contribution in [3.63, 3.8) is 0 Å². The molecule has 1 spiro atoms. The van der Waals surface area contributed by atoms with Crippen molar-refractivity contribution in [1.29, 1.82) is 0 Å². The van der Waals surface area contributed by atoms with Gasteiger partial charge in [0, 0.05) is 37.3 Å². The molecule has 2 unspecified atom stereocenters. The van der Waals surface area contributed by atoms with Crippen LogP contribution in [0.3, 0.4) is 0 Å². The summed E-state index contributed by atoms with van der Waals surface area (Å²) in [6.45, 7) is 25.5. The van der Waals surface area contributed by atoms with E-state index in [1.807, 2.05) is 59.9 Å². The zero-order valence-corrected chi connectivity index (χ0v) is 21.8. The normalized spacial score (nSPS) is 23.5. The van der Waals surface area contributed by atoms with Crippen molar-refractivity contribution in [3.05, 3.63) is 53.4 Å². The van der Waals surface area contributed by atoms with Crippen molar-refractivity contribution < 1.29 is 0 Å². The number of nitrogens with zero attached hydrogens (tertiary/aromatic N) is 4. The predicted octanol–water partition coefficient (Wildman–Crippen LogP) is 3.30. The van der Waals surface area contributed by atoms with Crippen LogP contribution in [0.4, 0.5) is 0 Å². The first kappa shape index (κ1) is 26.6. The van der Waals surface area contributed by atoms with Crippen LogP contribution in [0.5, 0.6) is 0 Å². The highest BCUT2D eigenvalue weighted by Crippen LogP contribution is 2.58. The molecule has 184 valence electrons. The maximum atomic E-state index is 6.32. The molecule has 3 heterocycles. The molecule has 1 aromatic heterocycles. The summed E-state index contributed by atoms with van der Waals surface area (Å²) in [6, 6.07) is 0.522. The highest BCUT2D eigenvalue weighted by molar-refractivity contribution is 5.35. The first-order valence-corrected chi connectivity index (χ1v) is 12.6. The molecule has 2 atom stereocenters. The topological polar surface area (TPSA) is 62.3 Å². The molecule has 1 aromatic rings. The Hall–Kier alpha value is -2.63. The van der Waals surface area contributed by atoms with Gasteiger partial charge in [0.1, 0.15) is 5.82 Å². The van der Waals surface area contributed by atoms with Gasteiger partial charge >= 0.3 is 0 Å². The van der Waals surface area contributed by atoms with E-state index in [0.29, 0.717) is 18.5 Å². The van der Waals surface area contributed by atoms with Crippen LogP contribution in [0.25, 0.3) is 12.7 Å². The van der Waals surface area contributed by atoms with E-state index in [0.717, 1.165) is 35.4 Å². The Kier molecular flexibility index (Phi) is 9.26. The number of nitrogen functional groups attached to an aromatic ring is 1. The molecule has 0 radical (unpaired) electrons. The molecule has 0 bridgehead atoms. The Balaban J connectivity index is 0.000000914. The minimum atomic E-state index is 0.157. The number of nitrogens with two attached hydrogens (primary N) is 1. The van der Waals surface area contributed by atoms with Crippen molar-refractivity contribution in [1.82, 2.24) is 24.8 Å². The molecule has 3 N–H and O–H groups in total. The summed E-state index contributed by atoms with van der Waals surface area (Å²) < 4.78 is 1.64. The lowest BCUT2D eigenvalue weighted by Gasteiger charge is -2.53. The number of imidazole rings is 1. The number of nitrogens with one attached hydrogen (secondary N) is 1. The monoisotopic (exact) mass is 454 g/mol. The van der Waals surface area contributed by atoms with Gasteiger partial charge in [-0.25, -0.2) is 9.66 Å². The predicted molar refractivity (Wildman–Crippen MR) is 142 cm³/mol. The van der Waals surface area contributed by atoms with Crippen molar-refractivity contribution >= 4 is 12.7 Å². The largest absolute Gasteiger partial charge is 0.375 e. The van der Waals surface area contributed by atoms with E-state index < -0.39 is 0 Å². The van der Waals surface area contributed by atoms with Gasteiger partial charge in [-0.15, -0.1) is 0 Å². The van der Waals surface area contributed by atoms with E-state index in [2.05, 4.69) is 34.9 Å². The van der Waals surface area contributed by atoms with Gasteiger partial charge in [-0.2, -0.15) is 0 Å². The average Bonchev–Trinajstić information content (AvgIpc) is 3.24. The Morgan fingerprint density at radius 2 is 1.82 bits per heavy atom. The number of hydrogen-bond acceptors (Lipinski definition) is 5. The maximum absolute atomic E-state index is 6.32. The minimum Gasteiger partial charge on any atom is -0.375 e. The van der Waals surface area contributed by atoms with Crippen LogP contribution in [0.2, 0.25) is 0 Å². The Labute approximate surface area is 201 Å². The van der Waals surface area contributed by atoms with Gasteiger partial charge in [-0.1, -0.05) is 72.4 Å². The Morgan fingerprint density at radius 3 is 2.42 bits per heavy atom. The molecule has 0 amide bonds. The van der Waals surface area contributed by atoms with Gasteiger partial charge in [-0.05, 0) is 31.8 Å². The lowest BCUT2D eigenvalue weighted by atomic mass is 9.64. The van der Waals surface area contributed by atoms with Gasteiger partial charge < -0.3 is 21.0 Å². The van der Waals surface area contributed by atoms with Crippen LogP contribution in [0.15, 0.2) is 36.8 Å². The van der Waals surface area contributed by atoms with E-state index >= 15 is 0 Å². The summed E-state index contributed by atoms with van der Waals surface area (Å²) in [7, 11) is 1.94. The maximum Gasteiger partial charge on any atom is 0.147 e. The van der Waals surface area contributed by atoms with E-state index in [1.165, 1.54) is 31.4 Å². The fourth-order valence-corrected chi connectivity index (χ4v) is 5.56. The molecule has 6 heteroatoms. The molecule has 3 aliphatic rings. The van der Waals surface area contributed by atoms with Gasteiger partial charge in [0.05, 0.1) is 23.1 Å². The molecular formula is C27H46N6. The molecule has 2 aliphatic heterocycles. The molecule has 4 rings (SSSR count). The number of hydrogen-bond donors (Lipinski definition) is 2. The molecule has 0 aromatic carbocycles. The van der Waals surface area contributed by atoms with Gasteiger partial charge in [-0.3, -0.25) is 0 Å². The molecule has 1 saturated carbocycles. The second kappa shape index (κ2) is 11.5. The summed E-state index contributed by atoms with van der Waals surface area (Å²) in [4.78, 5) is 9.61. The number of allylic oxidation sites excluding steroid dienone is 2. The molecule has 1 aliphatic carbocycles. The van der Waals surface area contributed by atoms with Crippen molar-refractivity contribution in [2.45, 2.75) is 72.9 Å². The Morgan fingerprint density at radius 1 is 1.18 bits per heavy atom. The van der Waals surface area contributed by atoms with Gasteiger partial charge in [0.25, 0.3) is 0 Å². The van der Waals surface area contributed by atoms with Crippen LogP contribution >= 0.6 is 0 Å². The molecule has 2 saturated heterocycles. The lowest BCUT2D eigenvalue weighted by Crippen LogP contribution is -2.60. The Bertz CT molecular complexity index is 950. The number of likely N-dealkylation sites (tertiary alicyclic amines) is 2. The molecule has 3 fully saturated rings. The van der Waals surface area contributed by atoms with Crippen LogP contribution in [0.1, 0.15) is 66.1 Å². The number of fused-ring (bicyclic) bond motifs is 2. The van der Waals surface area contributed by atoms with Crippen molar-refractivity contribution in [3.8, 4) is 0 Å². The van der Waals surface area contributed by atoms with E-state index in [-0.39, 0.29) is 5.41 Å². The fourth-order valence-electron chi connectivity index (χ4n) is 5.56. The summed E-state index contributed by atoms with van der Waals surface area (Å²) in [5.74, 6) is 8.82. The summed E-state index contributed by atoms with van der Waals surface area (Å²) in [5, 5.41) is 4.77. The van der Waals surface area contributed by atoms with Crippen LogP contribution < -0.4 is 21.9 Å². The quantitative estimate of drug-likeness (QED) is 0.669. The summed E-state index contributed by atoms with van der Waals surface area (Å²) in [6.07, 6.45) is 11.0. The van der Waals surface area contributed by atoms with Gasteiger partial charge in [0.15, 0.2) is 0 Å². The van der Waals surface area contributed by atoms with E-state index in [1.54, 1.807) is 4.68 Å². The third-order valence-corrected chi connectivity index (χ3v) is 7.25. The molecular weight excluding hydrogens is 408 g/mol. The summed E-state index contributed by atoms with van der Waals surface area (Å²) >= 11 is 0. The number of rotatable bonds is 5. The number of aromatic nitrogens is 2. The third-order valence-electron chi connectivity index (χ3n) is 7.25. The first-order chi connectivity index (χ1) is 15.9. The van der Waals surface area contributed by atoms with E-state index in [9.17, 15) is 0 Å². The average molecular weight is 455 g/mol. The SMILES string of the molecule is C=C(NC)N1CC2(C1)C(=C)N(Cc1n/c(=C/C=C\C)c(=C)n1N)C1CCCCC12.CC.CC. The summed E-state index contributed by atoms with van der Waals surface area (Å²) in [5.41, 5.74) is 1.41. The minimum absolute atomic E-state index is 0.157. The zero-order valence-electron chi connectivity index (χ0n) is 21.8. The first-order valence-electron chi connectivity index (χ1n) is 12.6. The highest BCUT2D eigenvalue weighted by Gasteiger charge is 2.61. The van der Waals surface area contributed by atoms with Gasteiger partial charge in [0.2, 0.25) is 0 Å². The fraction of sp³-hybridized carbons (Fsp3) is 0.593. The lowest BCUT2D eigenvalue weighted by molar-refractivity contribution is 0.00623. The smallest absolute Gasteiger partial charge is 0.147 e. The standard InChI is InChI=1S/C23H34N6.2C2H6/c1-6-7-11-20-16(2)29(24)22(26-20)13-28-17(3)23(14-27(15-23)18(4)25-5)19-10-8-9-12-21(19)28;2*1-2/h6-7,11,19,21,25H,2-4,8-10,12-15,24H2,1,5H3;2*1-2H3/b7-6-,20-11+;;.